The summed E-state index contributed by atoms with van der Waals surface area (Å²) in [7, 11) is 0. The van der Waals surface area contributed by atoms with Crippen LogP contribution in [0.1, 0.15) is 40.0 Å². The number of fused-ring (bicyclic) bond motifs is 1. The maximum Gasteiger partial charge on any atom is 0.309 e. The van der Waals surface area contributed by atoms with Crippen LogP contribution in [0, 0.1) is 29.6 Å². The molecule has 0 heterocycles. The van der Waals surface area contributed by atoms with Gasteiger partial charge in [-0.3, -0.25) is 4.79 Å². The summed E-state index contributed by atoms with van der Waals surface area (Å²) < 4.78 is 5.30. The predicted octanol–water partition coefficient (Wildman–Crippen LogP) is 3.42. The fraction of sp³-hybridized carbons (Fsp3) is 0.800. The van der Waals surface area contributed by atoms with E-state index in [0.717, 1.165) is 0 Å². The van der Waals surface area contributed by atoms with Gasteiger partial charge in [0.05, 0.1) is 12.5 Å². The molecule has 0 aromatic heterocycles. The van der Waals surface area contributed by atoms with Crippen molar-refractivity contribution < 1.29 is 9.53 Å². The van der Waals surface area contributed by atoms with Crippen molar-refractivity contribution in [3.8, 4) is 0 Å². The average molecular weight is 236 g/mol. The monoisotopic (exact) mass is 236 g/mol. The van der Waals surface area contributed by atoms with Crippen LogP contribution < -0.4 is 0 Å². The number of esters is 1. The average Bonchev–Trinajstić information content (AvgIpc) is 2.75. The minimum Gasteiger partial charge on any atom is -0.466 e. The molecule has 2 heteroatoms. The molecule has 2 aliphatic rings. The first-order valence-electron chi connectivity index (χ1n) is 7.00. The van der Waals surface area contributed by atoms with Crippen molar-refractivity contribution in [3.63, 3.8) is 0 Å². The molecule has 17 heavy (non-hydrogen) atoms. The van der Waals surface area contributed by atoms with E-state index >= 15 is 0 Å². The van der Waals surface area contributed by atoms with Crippen LogP contribution in [0.4, 0.5) is 0 Å². The number of carbonyl (C=O) groups is 1. The number of ether oxygens (including phenoxy) is 1. The van der Waals surface area contributed by atoms with Gasteiger partial charge in [0.2, 0.25) is 0 Å². The van der Waals surface area contributed by atoms with Crippen LogP contribution in [0.25, 0.3) is 0 Å². The highest BCUT2D eigenvalue weighted by atomic mass is 16.5. The second-order valence-electron chi connectivity index (χ2n) is 5.74. The normalized spacial score (nSPS) is 36.0. The largest absolute Gasteiger partial charge is 0.466 e. The van der Waals surface area contributed by atoms with Crippen molar-refractivity contribution in [1.82, 2.24) is 0 Å². The Labute approximate surface area is 104 Å². The van der Waals surface area contributed by atoms with Gasteiger partial charge >= 0.3 is 5.97 Å². The van der Waals surface area contributed by atoms with Crippen LogP contribution in [-0.2, 0) is 9.53 Å². The third-order valence-corrected chi connectivity index (χ3v) is 4.41. The minimum absolute atomic E-state index is 0.0347. The molecule has 0 aromatic rings. The fourth-order valence-corrected chi connectivity index (χ4v) is 3.59. The lowest BCUT2D eigenvalue weighted by atomic mass is 9.68. The van der Waals surface area contributed by atoms with E-state index < -0.39 is 0 Å². The molecule has 2 rings (SSSR count). The topological polar surface area (TPSA) is 26.3 Å². The first-order chi connectivity index (χ1) is 8.15. The van der Waals surface area contributed by atoms with E-state index in [1.807, 2.05) is 6.92 Å². The summed E-state index contributed by atoms with van der Waals surface area (Å²) >= 11 is 0. The van der Waals surface area contributed by atoms with E-state index in [2.05, 4.69) is 26.0 Å². The lowest BCUT2D eigenvalue weighted by Crippen LogP contribution is -2.38. The van der Waals surface area contributed by atoms with E-state index in [1.165, 1.54) is 19.3 Å². The second kappa shape index (κ2) is 5.24. The van der Waals surface area contributed by atoms with Crippen LogP contribution in [-0.4, -0.2) is 12.6 Å². The molecule has 0 amide bonds. The Balaban J connectivity index is 2.21. The molecule has 0 aliphatic heterocycles. The van der Waals surface area contributed by atoms with Gasteiger partial charge in [0.1, 0.15) is 0 Å². The SMILES string of the molecule is CCOC(=O)[C@H]1[C@@H]2CCC[C@@H]2C=C[C@@H]1C(C)C. The van der Waals surface area contributed by atoms with Gasteiger partial charge in [-0.15, -0.1) is 0 Å². The molecule has 0 N–H and O–H groups in total. The highest BCUT2D eigenvalue weighted by Crippen LogP contribution is 2.46. The predicted molar refractivity (Wildman–Crippen MR) is 68.4 cm³/mol. The minimum atomic E-state index is 0.0347. The molecule has 0 unspecified atom stereocenters. The Hall–Kier alpha value is -0.790. The van der Waals surface area contributed by atoms with Gasteiger partial charge in [0, 0.05) is 0 Å². The fourth-order valence-electron chi connectivity index (χ4n) is 3.59. The molecule has 2 aliphatic carbocycles. The number of rotatable bonds is 3. The maximum absolute atomic E-state index is 12.2. The van der Waals surface area contributed by atoms with E-state index in [1.54, 1.807) is 0 Å². The third kappa shape index (κ3) is 2.41. The molecular formula is C15H24O2. The van der Waals surface area contributed by atoms with E-state index in [0.29, 0.717) is 30.3 Å². The summed E-state index contributed by atoms with van der Waals surface area (Å²) in [5.74, 6) is 2.18. The lowest BCUT2D eigenvalue weighted by Gasteiger charge is -2.36. The Kier molecular flexibility index (Phi) is 3.90. The summed E-state index contributed by atoms with van der Waals surface area (Å²) in [4.78, 5) is 12.2. The first kappa shape index (κ1) is 12.7. The van der Waals surface area contributed by atoms with Crippen molar-refractivity contribution in [1.29, 1.82) is 0 Å². The molecule has 96 valence electrons. The van der Waals surface area contributed by atoms with Gasteiger partial charge in [0.25, 0.3) is 0 Å². The highest BCUT2D eigenvalue weighted by Gasteiger charge is 2.44. The first-order valence-corrected chi connectivity index (χ1v) is 7.00. The molecule has 1 saturated carbocycles. The Morgan fingerprint density at radius 2 is 2.12 bits per heavy atom. The molecule has 0 aromatic carbocycles. The summed E-state index contributed by atoms with van der Waals surface area (Å²) in [6.45, 7) is 6.81. The molecule has 0 spiro atoms. The van der Waals surface area contributed by atoms with Crippen molar-refractivity contribution in [2.45, 2.75) is 40.0 Å². The second-order valence-corrected chi connectivity index (χ2v) is 5.74. The maximum atomic E-state index is 12.2. The standard InChI is InChI=1S/C15H24O2/c1-4-17-15(16)14-12(10(2)3)9-8-11-6-5-7-13(11)14/h8-14H,4-7H2,1-3H3/t11-,12-,13-,14-/m1/s1. The number of hydrogen-bond acceptors (Lipinski definition) is 2. The van der Waals surface area contributed by atoms with E-state index in [-0.39, 0.29) is 11.9 Å². The molecule has 4 atom stereocenters. The van der Waals surface area contributed by atoms with Gasteiger partial charge in [-0.05, 0) is 43.4 Å². The van der Waals surface area contributed by atoms with Crippen molar-refractivity contribution in [2.24, 2.45) is 29.6 Å². The molecule has 1 fully saturated rings. The number of hydrogen-bond donors (Lipinski definition) is 0. The lowest BCUT2D eigenvalue weighted by molar-refractivity contribution is -0.153. The van der Waals surface area contributed by atoms with Crippen LogP contribution >= 0.6 is 0 Å². The van der Waals surface area contributed by atoms with Crippen LogP contribution in [0.2, 0.25) is 0 Å². The van der Waals surface area contributed by atoms with Crippen LogP contribution in [0.3, 0.4) is 0 Å². The molecule has 0 radical (unpaired) electrons. The highest BCUT2D eigenvalue weighted by molar-refractivity contribution is 5.74. The van der Waals surface area contributed by atoms with Crippen molar-refractivity contribution in [3.05, 3.63) is 12.2 Å². The zero-order valence-electron chi connectivity index (χ0n) is 11.2. The quantitative estimate of drug-likeness (QED) is 0.554. The molecule has 0 bridgehead atoms. The Bertz CT molecular complexity index is 306. The molecule has 0 saturated heterocycles. The van der Waals surface area contributed by atoms with Gasteiger partial charge in [0.15, 0.2) is 0 Å². The number of carbonyl (C=O) groups excluding carboxylic acids is 1. The zero-order valence-corrected chi connectivity index (χ0v) is 11.2. The van der Waals surface area contributed by atoms with Crippen molar-refractivity contribution >= 4 is 5.97 Å². The smallest absolute Gasteiger partial charge is 0.309 e. The van der Waals surface area contributed by atoms with Crippen LogP contribution in [0.15, 0.2) is 12.2 Å². The molecular weight excluding hydrogens is 212 g/mol. The van der Waals surface area contributed by atoms with Crippen LogP contribution in [0.5, 0.6) is 0 Å². The Morgan fingerprint density at radius 1 is 1.35 bits per heavy atom. The zero-order chi connectivity index (χ0) is 12.4. The summed E-state index contributed by atoms with van der Waals surface area (Å²) in [6, 6.07) is 0. The summed E-state index contributed by atoms with van der Waals surface area (Å²) in [6.07, 6.45) is 8.35. The summed E-state index contributed by atoms with van der Waals surface area (Å²) in [5.41, 5.74) is 0. The third-order valence-electron chi connectivity index (χ3n) is 4.41. The van der Waals surface area contributed by atoms with Crippen molar-refractivity contribution in [2.75, 3.05) is 6.61 Å². The van der Waals surface area contributed by atoms with Gasteiger partial charge < -0.3 is 4.74 Å². The van der Waals surface area contributed by atoms with Gasteiger partial charge in [-0.25, -0.2) is 0 Å². The number of allylic oxidation sites excluding steroid dienone is 2. The molecule has 2 nitrogen and oxygen atoms in total. The summed E-state index contributed by atoms with van der Waals surface area (Å²) in [5, 5.41) is 0. The van der Waals surface area contributed by atoms with Gasteiger partial charge in [-0.2, -0.15) is 0 Å². The van der Waals surface area contributed by atoms with E-state index in [4.69, 9.17) is 4.74 Å². The van der Waals surface area contributed by atoms with E-state index in [9.17, 15) is 4.79 Å². The Morgan fingerprint density at radius 3 is 2.76 bits per heavy atom. The van der Waals surface area contributed by atoms with Gasteiger partial charge in [-0.1, -0.05) is 32.4 Å².